The van der Waals surface area contributed by atoms with Gasteiger partial charge in [0, 0.05) is 19.5 Å². The van der Waals surface area contributed by atoms with Crippen molar-refractivity contribution in [2.75, 3.05) is 32.5 Å². The van der Waals surface area contributed by atoms with Crippen LogP contribution < -0.4 is 5.73 Å². The molecule has 21 heavy (non-hydrogen) atoms. The number of hydrogen-bond acceptors (Lipinski definition) is 5. The molecule has 0 aliphatic carbocycles. The highest BCUT2D eigenvalue weighted by molar-refractivity contribution is 5.92. The number of rotatable bonds is 5. The Kier molecular flexibility index (Phi) is 5.22. The van der Waals surface area contributed by atoms with Gasteiger partial charge in [-0.3, -0.25) is 0 Å². The molecule has 2 N–H and O–H groups in total. The van der Waals surface area contributed by atoms with Crippen molar-refractivity contribution in [3.05, 3.63) is 11.5 Å². The molecule has 1 unspecified atom stereocenters. The van der Waals surface area contributed by atoms with Gasteiger partial charge in [-0.1, -0.05) is 6.92 Å². The number of aromatic nitrogens is 2. The van der Waals surface area contributed by atoms with Crippen LogP contribution in [-0.4, -0.2) is 47.2 Å². The van der Waals surface area contributed by atoms with Crippen molar-refractivity contribution in [2.45, 2.75) is 39.7 Å². The molecule has 1 fully saturated rings. The largest absolute Gasteiger partial charge is 0.461 e. The van der Waals surface area contributed by atoms with Crippen molar-refractivity contribution in [3.63, 3.8) is 0 Å². The standard InChI is InChI=1S/C15H26N4O2/c1-4-12-17-13(15(20)21-5-2)14(16)19(12)10-11-7-6-8-18(3)9-11/h11H,4-10,16H2,1-3H3. The zero-order valence-electron chi connectivity index (χ0n) is 13.3. The van der Waals surface area contributed by atoms with Gasteiger partial charge in [-0.15, -0.1) is 0 Å². The maximum atomic E-state index is 11.9. The van der Waals surface area contributed by atoms with Gasteiger partial charge in [-0.05, 0) is 39.3 Å². The summed E-state index contributed by atoms with van der Waals surface area (Å²) in [5.74, 6) is 1.44. The van der Waals surface area contributed by atoms with Crippen molar-refractivity contribution in [1.82, 2.24) is 14.5 Å². The number of hydrogen-bond donors (Lipinski definition) is 1. The van der Waals surface area contributed by atoms with E-state index in [1.165, 1.54) is 12.8 Å². The summed E-state index contributed by atoms with van der Waals surface area (Å²) in [5.41, 5.74) is 6.41. The second kappa shape index (κ2) is 6.93. The summed E-state index contributed by atoms with van der Waals surface area (Å²) >= 11 is 0. The number of aryl methyl sites for hydroxylation is 1. The minimum Gasteiger partial charge on any atom is -0.461 e. The maximum absolute atomic E-state index is 11.9. The lowest BCUT2D eigenvalue weighted by Crippen LogP contribution is -2.34. The molecule has 2 heterocycles. The number of likely N-dealkylation sites (tertiary alicyclic amines) is 1. The van der Waals surface area contributed by atoms with Crippen molar-refractivity contribution in [3.8, 4) is 0 Å². The van der Waals surface area contributed by atoms with E-state index in [0.717, 1.165) is 31.9 Å². The van der Waals surface area contributed by atoms with E-state index in [9.17, 15) is 4.79 Å². The maximum Gasteiger partial charge on any atom is 0.360 e. The molecule has 1 atom stereocenters. The Labute approximate surface area is 126 Å². The number of nitrogens with zero attached hydrogens (tertiary/aromatic N) is 3. The number of carbonyl (C=O) groups is 1. The summed E-state index contributed by atoms with van der Waals surface area (Å²) in [6.07, 6.45) is 3.16. The molecule has 2 rings (SSSR count). The summed E-state index contributed by atoms with van der Waals surface area (Å²) in [4.78, 5) is 18.6. The number of nitrogen functional groups attached to an aromatic ring is 1. The predicted molar refractivity (Wildman–Crippen MR) is 82.2 cm³/mol. The van der Waals surface area contributed by atoms with Gasteiger partial charge >= 0.3 is 5.97 Å². The Bertz CT molecular complexity index is 498. The van der Waals surface area contributed by atoms with Gasteiger partial charge in [-0.25, -0.2) is 9.78 Å². The first-order valence-electron chi connectivity index (χ1n) is 7.77. The van der Waals surface area contributed by atoms with Gasteiger partial charge in [0.2, 0.25) is 0 Å². The molecular weight excluding hydrogens is 268 g/mol. The summed E-state index contributed by atoms with van der Waals surface area (Å²) in [6, 6.07) is 0. The quantitative estimate of drug-likeness (QED) is 0.834. The number of imidazole rings is 1. The van der Waals surface area contributed by atoms with Crippen LogP contribution in [-0.2, 0) is 17.7 Å². The first-order valence-corrected chi connectivity index (χ1v) is 7.77. The van der Waals surface area contributed by atoms with Gasteiger partial charge in [0.05, 0.1) is 6.61 Å². The summed E-state index contributed by atoms with van der Waals surface area (Å²) in [5, 5.41) is 0. The second-order valence-electron chi connectivity index (χ2n) is 5.72. The molecule has 0 bridgehead atoms. The molecule has 1 aliphatic rings. The molecule has 0 amide bonds. The fourth-order valence-corrected chi connectivity index (χ4v) is 3.02. The summed E-state index contributed by atoms with van der Waals surface area (Å²) < 4.78 is 7.02. The van der Waals surface area contributed by atoms with Gasteiger partial charge in [-0.2, -0.15) is 0 Å². The SMILES string of the molecule is CCOC(=O)c1nc(CC)n(CC2CCCN(C)C2)c1N. The summed E-state index contributed by atoms with van der Waals surface area (Å²) in [7, 11) is 2.15. The Morgan fingerprint density at radius 3 is 2.86 bits per heavy atom. The van der Waals surface area contributed by atoms with E-state index in [0.29, 0.717) is 18.3 Å². The van der Waals surface area contributed by atoms with E-state index in [-0.39, 0.29) is 5.69 Å². The monoisotopic (exact) mass is 294 g/mol. The average Bonchev–Trinajstić information content (AvgIpc) is 2.76. The minimum atomic E-state index is -0.427. The van der Waals surface area contributed by atoms with Crippen LogP contribution in [0.4, 0.5) is 5.82 Å². The normalized spacial score (nSPS) is 19.7. The van der Waals surface area contributed by atoms with Crippen LogP contribution in [0.3, 0.4) is 0 Å². The molecule has 6 heteroatoms. The zero-order chi connectivity index (χ0) is 15.4. The molecule has 0 aromatic carbocycles. The topological polar surface area (TPSA) is 73.4 Å². The van der Waals surface area contributed by atoms with Gasteiger partial charge in [0.1, 0.15) is 11.6 Å². The molecule has 1 aromatic heterocycles. The lowest BCUT2D eigenvalue weighted by molar-refractivity contribution is 0.0521. The number of nitrogens with two attached hydrogens (primary N) is 1. The van der Waals surface area contributed by atoms with E-state index in [2.05, 4.69) is 16.9 Å². The van der Waals surface area contributed by atoms with Crippen molar-refractivity contribution in [2.24, 2.45) is 5.92 Å². The van der Waals surface area contributed by atoms with E-state index < -0.39 is 5.97 Å². The fourth-order valence-electron chi connectivity index (χ4n) is 3.02. The van der Waals surface area contributed by atoms with E-state index in [1.807, 2.05) is 11.5 Å². The number of ether oxygens (including phenoxy) is 1. The van der Waals surface area contributed by atoms with E-state index in [4.69, 9.17) is 10.5 Å². The van der Waals surface area contributed by atoms with Crippen LogP contribution in [0.15, 0.2) is 0 Å². The molecule has 118 valence electrons. The lowest BCUT2D eigenvalue weighted by Gasteiger charge is -2.30. The highest BCUT2D eigenvalue weighted by Gasteiger charge is 2.24. The molecule has 0 radical (unpaired) electrons. The van der Waals surface area contributed by atoms with Crippen molar-refractivity contribution < 1.29 is 9.53 Å². The third-order valence-corrected chi connectivity index (χ3v) is 4.03. The smallest absolute Gasteiger partial charge is 0.360 e. The number of esters is 1. The second-order valence-corrected chi connectivity index (χ2v) is 5.72. The zero-order valence-corrected chi connectivity index (χ0v) is 13.3. The van der Waals surface area contributed by atoms with Crippen LogP contribution in [0.25, 0.3) is 0 Å². The van der Waals surface area contributed by atoms with Crippen LogP contribution >= 0.6 is 0 Å². The number of piperidine rings is 1. The highest BCUT2D eigenvalue weighted by atomic mass is 16.5. The Morgan fingerprint density at radius 2 is 2.24 bits per heavy atom. The summed E-state index contributed by atoms with van der Waals surface area (Å²) in [6.45, 7) is 7.19. The third kappa shape index (κ3) is 3.56. The molecule has 1 aliphatic heterocycles. The molecule has 0 saturated carbocycles. The molecule has 0 spiro atoms. The third-order valence-electron chi connectivity index (χ3n) is 4.03. The van der Waals surface area contributed by atoms with Gasteiger partial charge in [0.15, 0.2) is 5.69 Å². The van der Waals surface area contributed by atoms with Crippen LogP contribution in [0.2, 0.25) is 0 Å². The Balaban J connectivity index is 2.19. The minimum absolute atomic E-state index is 0.262. The first kappa shape index (κ1) is 15.8. The Morgan fingerprint density at radius 1 is 1.48 bits per heavy atom. The van der Waals surface area contributed by atoms with E-state index in [1.54, 1.807) is 6.92 Å². The number of anilines is 1. The average molecular weight is 294 g/mol. The van der Waals surface area contributed by atoms with Crippen LogP contribution in [0.1, 0.15) is 43.0 Å². The van der Waals surface area contributed by atoms with Gasteiger partial charge in [0.25, 0.3) is 0 Å². The molecule has 1 saturated heterocycles. The van der Waals surface area contributed by atoms with Gasteiger partial charge < -0.3 is 19.9 Å². The Hall–Kier alpha value is -1.56. The van der Waals surface area contributed by atoms with Crippen molar-refractivity contribution in [1.29, 1.82) is 0 Å². The molecule has 1 aromatic rings. The van der Waals surface area contributed by atoms with Crippen molar-refractivity contribution >= 4 is 11.8 Å². The van der Waals surface area contributed by atoms with Crippen LogP contribution in [0.5, 0.6) is 0 Å². The molecule has 6 nitrogen and oxygen atoms in total. The fraction of sp³-hybridized carbons (Fsp3) is 0.733. The predicted octanol–water partition coefficient (Wildman–Crippen LogP) is 1.55. The lowest BCUT2D eigenvalue weighted by atomic mass is 9.98. The molecular formula is C15H26N4O2. The van der Waals surface area contributed by atoms with Crippen LogP contribution in [0, 0.1) is 5.92 Å². The highest BCUT2D eigenvalue weighted by Crippen LogP contribution is 2.22. The number of carbonyl (C=O) groups excluding carboxylic acids is 1. The first-order chi connectivity index (χ1) is 10.1. The van der Waals surface area contributed by atoms with E-state index >= 15 is 0 Å².